The van der Waals surface area contributed by atoms with E-state index < -0.39 is 36.0 Å². The fourth-order valence-electron chi connectivity index (χ4n) is 1.41. The molecule has 0 aliphatic rings. The molecule has 0 amide bonds. The molecule has 164 valence electrons. The molecule has 0 radical (unpaired) electrons. The molecule has 12 heteroatoms. The van der Waals surface area contributed by atoms with Crippen molar-refractivity contribution in [1.82, 2.24) is 0 Å². The highest BCUT2D eigenvalue weighted by Crippen LogP contribution is 1.97. The summed E-state index contributed by atoms with van der Waals surface area (Å²) in [6, 6.07) is -1.43. The fourth-order valence-corrected chi connectivity index (χ4v) is 1.41. The van der Waals surface area contributed by atoms with Crippen molar-refractivity contribution in [2.24, 2.45) is 22.9 Å². The van der Waals surface area contributed by atoms with E-state index in [1.807, 2.05) is 0 Å². The van der Waals surface area contributed by atoms with Crippen molar-refractivity contribution in [2.45, 2.75) is 50.6 Å². The van der Waals surface area contributed by atoms with Crippen LogP contribution in [0.15, 0.2) is 12.2 Å². The van der Waals surface area contributed by atoms with Crippen LogP contribution in [0.4, 0.5) is 0 Å². The van der Waals surface area contributed by atoms with Crippen molar-refractivity contribution in [3.8, 4) is 0 Å². The molecule has 0 aromatic carbocycles. The molecular formula is C16H32N4O8. The van der Waals surface area contributed by atoms with Gasteiger partial charge >= 0.3 is 23.9 Å². The zero-order valence-electron chi connectivity index (χ0n) is 15.7. The molecule has 2 atom stereocenters. The van der Waals surface area contributed by atoms with Crippen LogP contribution in [0.2, 0.25) is 0 Å². The molecule has 0 bridgehead atoms. The van der Waals surface area contributed by atoms with E-state index in [0.717, 1.165) is 25.7 Å². The second-order valence-corrected chi connectivity index (χ2v) is 5.47. The topological polar surface area (TPSA) is 253 Å². The van der Waals surface area contributed by atoms with Gasteiger partial charge in [-0.15, -0.1) is 0 Å². The number of hydrogen-bond donors (Lipinski definition) is 8. The highest BCUT2D eigenvalue weighted by molar-refractivity contribution is 5.89. The number of hydrogen-bond acceptors (Lipinski definition) is 8. The average Bonchev–Trinajstić information content (AvgIpc) is 2.61. The summed E-state index contributed by atoms with van der Waals surface area (Å²) in [5.74, 6) is -4.38. The third kappa shape index (κ3) is 28.3. The molecule has 0 heterocycles. The Morgan fingerprint density at radius 2 is 0.929 bits per heavy atom. The highest BCUT2D eigenvalue weighted by atomic mass is 16.4. The summed E-state index contributed by atoms with van der Waals surface area (Å²) in [5, 5.41) is 32.3. The second kappa shape index (κ2) is 20.8. The van der Waals surface area contributed by atoms with Crippen LogP contribution in [0.3, 0.4) is 0 Å². The standard InChI is InChI=1S/2C6H14N2O2.C4H4O4/c2*7-4-2-1-3-5(8)6(9)10;5-3(6)1-2-4(7)8/h2*5H,1-4,7-8H2,(H,9,10);1-2H,(H,5,6)(H,7,8)/b;;2-1-/t2*5-;/m00./s1. The van der Waals surface area contributed by atoms with Crippen LogP contribution in [0, 0.1) is 0 Å². The lowest BCUT2D eigenvalue weighted by Crippen LogP contribution is -2.29. The van der Waals surface area contributed by atoms with Gasteiger partial charge in [0.15, 0.2) is 0 Å². The zero-order chi connectivity index (χ0) is 22.5. The Balaban J connectivity index is -0.000000337. The van der Waals surface area contributed by atoms with Gasteiger partial charge in [-0.3, -0.25) is 9.59 Å². The number of carbonyl (C=O) groups is 4. The Bertz CT molecular complexity index is 443. The Morgan fingerprint density at radius 1 is 0.643 bits per heavy atom. The molecule has 0 saturated carbocycles. The van der Waals surface area contributed by atoms with E-state index in [2.05, 4.69) is 0 Å². The van der Waals surface area contributed by atoms with Gasteiger partial charge < -0.3 is 43.4 Å². The minimum absolute atomic E-state index is 0.520. The number of carboxylic acid groups (broad SMARTS) is 4. The van der Waals surface area contributed by atoms with Crippen LogP contribution in [0.1, 0.15) is 38.5 Å². The van der Waals surface area contributed by atoms with E-state index in [0.29, 0.717) is 38.1 Å². The summed E-state index contributed by atoms with van der Waals surface area (Å²) in [6.45, 7) is 1.21. The van der Waals surface area contributed by atoms with Gasteiger partial charge in [-0.05, 0) is 38.8 Å². The first-order valence-corrected chi connectivity index (χ1v) is 8.50. The molecule has 12 nitrogen and oxygen atoms in total. The molecule has 0 rings (SSSR count). The maximum absolute atomic E-state index is 10.1. The van der Waals surface area contributed by atoms with E-state index in [1.165, 1.54) is 0 Å². The summed E-state index contributed by atoms with van der Waals surface area (Å²) in [4.78, 5) is 39.4. The van der Waals surface area contributed by atoms with Gasteiger partial charge in [-0.25, -0.2) is 9.59 Å². The Kier molecular flexibility index (Phi) is 22.4. The third-order valence-electron chi connectivity index (χ3n) is 2.94. The smallest absolute Gasteiger partial charge is 0.328 e. The molecule has 0 aliphatic carbocycles. The van der Waals surface area contributed by atoms with Crippen molar-refractivity contribution in [1.29, 1.82) is 0 Å². The third-order valence-corrected chi connectivity index (χ3v) is 2.94. The van der Waals surface area contributed by atoms with Crippen LogP contribution in [-0.4, -0.2) is 69.5 Å². The lowest BCUT2D eigenvalue weighted by molar-refractivity contribution is -0.139. The fraction of sp³-hybridized carbons (Fsp3) is 0.625. The monoisotopic (exact) mass is 408 g/mol. The first-order chi connectivity index (χ1) is 13.0. The molecule has 0 aromatic rings. The quantitative estimate of drug-likeness (QED) is 0.139. The van der Waals surface area contributed by atoms with Crippen LogP contribution in [-0.2, 0) is 19.2 Å². The van der Waals surface area contributed by atoms with Gasteiger partial charge in [0.05, 0.1) is 0 Å². The Morgan fingerprint density at radius 3 is 1.11 bits per heavy atom. The predicted molar refractivity (Wildman–Crippen MR) is 101 cm³/mol. The average molecular weight is 408 g/mol. The van der Waals surface area contributed by atoms with E-state index >= 15 is 0 Å². The normalized spacial score (nSPS) is 12.0. The number of aliphatic carboxylic acids is 4. The van der Waals surface area contributed by atoms with Crippen molar-refractivity contribution in [2.75, 3.05) is 13.1 Å². The number of nitrogens with two attached hydrogens (primary N) is 4. The molecular weight excluding hydrogens is 376 g/mol. The molecule has 12 N–H and O–H groups in total. The number of rotatable bonds is 12. The largest absolute Gasteiger partial charge is 0.480 e. The SMILES string of the molecule is NCCCC[C@H](N)C(=O)O.NCCCC[C@H](N)C(=O)O.O=C(O)/C=C\C(=O)O. The molecule has 0 fully saturated rings. The minimum atomic E-state index is -1.26. The van der Waals surface area contributed by atoms with Gasteiger partial charge in [0, 0.05) is 12.2 Å². The van der Waals surface area contributed by atoms with Crippen LogP contribution in [0.5, 0.6) is 0 Å². The summed E-state index contributed by atoms with van der Waals surface area (Å²) >= 11 is 0. The van der Waals surface area contributed by atoms with Crippen molar-refractivity contribution in [3.63, 3.8) is 0 Å². The van der Waals surface area contributed by atoms with Gasteiger partial charge in [-0.1, -0.05) is 12.8 Å². The van der Waals surface area contributed by atoms with Gasteiger partial charge in [0.1, 0.15) is 12.1 Å². The molecule has 0 unspecified atom stereocenters. The summed E-state index contributed by atoms with van der Waals surface area (Å²) in [6.07, 6.45) is 5.44. The number of unbranched alkanes of at least 4 members (excludes halogenated alkanes) is 2. The molecule has 28 heavy (non-hydrogen) atoms. The second-order valence-electron chi connectivity index (χ2n) is 5.47. The first kappa shape index (κ1) is 30.2. The maximum atomic E-state index is 10.1. The molecule has 0 spiro atoms. The minimum Gasteiger partial charge on any atom is -0.480 e. The Hall–Kier alpha value is -2.54. The predicted octanol–water partition coefficient (Wildman–Crippen LogP) is -1.23. The van der Waals surface area contributed by atoms with E-state index in [1.54, 1.807) is 0 Å². The first-order valence-electron chi connectivity index (χ1n) is 8.50. The lowest BCUT2D eigenvalue weighted by atomic mass is 10.1. The van der Waals surface area contributed by atoms with E-state index in [-0.39, 0.29) is 0 Å². The lowest BCUT2D eigenvalue weighted by Gasteiger charge is -2.03. The Labute approximate surface area is 163 Å². The molecule has 0 aromatic heterocycles. The van der Waals surface area contributed by atoms with Gasteiger partial charge in [-0.2, -0.15) is 0 Å². The van der Waals surface area contributed by atoms with Crippen LogP contribution in [0.25, 0.3) is 0 Å². The van der Waals surface area contributed by atoms with Crippen molar-refractivity contribution in [3.05, 3.63) is 12.2 Å². The summed E-state index contributed by atoms with van der Waals surface area (Å²) < 4.78 is 0. The van der Waals surface area contributed by atoms with Crippen molar-refractivity contribution >= 4 is 23.9 Å². The summed E-state index contributed by atoms with van der Waals surface area (Å²) in [7, 11) is 0. The van der Waals surface area contributed by atoms with E-state index in [9.17, 15) is 19.2 Å². The molecule has 0 aliphatic heterocycles. The summed E-state index contributed by atoms with van der Waals surface area (Å²) in [5.41, 5.74) is 20.8. The number of carboxylic acids is 4. The van der Waals surface area contributed by atoms with E-state index in [4.69, 9.17) is 43.4 Å². The van der Waals surface area contributed by atoms with Crippen LogP contribution < -0.4 is 22.9 Å². The van der Waals surface area contributed by atoms with Gasteiger partial charge in [0.2, 0.25) is 0 Å². The molecule has 0 saturated heterocycles. The highest BCUT2D eigenvalue weighted by Gasteiger charge is 2.09. The van der Waals surface area contributed by atoms with Gasteiger partial charge in [0.25, 0.3) is 0 Å². The zero-order valence-corrected chi connectivity index (χ0v) is 15.7. The van der Waals surface area contributed by atoms with Crippen molar-refractivity contribution < 1.29 is 39.6 Å². The maximum Gasteiger partial charge on any atom is 0.328 e. The van der Waals surface area contributed by atoms with Crippen LogP contribution >= 0.6 is 0 Å².